The third-order valence-electron chi connectivity index (χ3n) is 5.17. The monoisotopic (exact) mass is 489 g/mol. The fourth-order valence-electron chi connectivity index (χ4n) is 3.24. The number of nitrogens with zero attached hydrogens (tertiary/aromatic N) is 5. The molecule has 0 saturated heterocycles. The normalized spacial score (nSPS) is 11.3. The summed E-state index contributed by atoms with van der Waals surface area (Å²) in [5.74, 6) is 0.260. The van der Waals surface area contributed by atoms with Gasteiger partial charge in [0, 0.05) is 25.2 Å². The zero-order valence-electron chi connectivity index (χ0n) is 20.3. The number of ether oxygens (including phenoxy) is 1. The number of esters is 1. The van der Waals surface area contributed by atoms with Gasteiger partial charge in [-0.3, -0.25) is 4.79 Å². The number of hydrogen-bond donors (Lipinski definition) is 2. The summed E-state index contributed by atoms with van der Waals surface area (Å²) in [6, 6.07) is 21.5. The highest BCUT2D eigenvalue weighted by Crippen LogP contribution is 2.25. The Morgan fingerprint density at radius 1 is 0.722 bits per heavy atom. The molecular weight excluding hydrogens is 458 g/mol. The largest absolute Gasteiger partial charge is 0.427 e. The van der Waals surface area contributed by atoms with Crippen LogP contribution in [0.25, 0.3) is 0 Å². The zero-order valence-corrected chi connectivity index (χ0v) is 20.3. The lowest BCUT2D eigenvalue weighted by Gasteiger charge is -2.22. The lowest BCUT2D eigenvalue weighted by molar-refractivity contribution is -0.134. The standard InChI is InChI=1S/C27H31N5O4/c1-2-3-4-27(35)36-26-15-11-24(12-16-26)31-29-22-7-5-21(6-8-22)28-30-23-9-13-25(14-10-23)32(17-19-33)18-20-34/h5-16,33-34H,2-4,17-20H2,1H3. The molecule has 0 fully saturated rings. The minimum atomic E-state index is -0.233. The predicted octanol–water partition coefficient (Wildman–Crippen LogP) is 6.40. The van der Waals surface area contributed by atoms with Crippen molar-refractivity contribution in [1.29, 1.82) is 0 Å². The van der Waals surface area contributed by atoms with Gasteiger partial charge >= 0.3 is 5.97 Å². The summed E-state index contributed by atoms with van der Waals surface area (Å²) in [5.41, 5.74) is 3.58. The Morgan fingerprint density at radius 2 is 1.14 bits per heavy atom. The van der Waals surface area contributed by atoms with Crippen molar-refractivity contribution in [3.63, 3.8) is 0 Å². The van der Waals surface area contributed by atoms with E-state index < -0.39 is 0 Å². The minimum Gasteiger partial charge on any atom is -0.427 e. The maximum absolute atomic E-state index is 11.7. The lowest BCUT2D eigenvalue weighted by atomic mass is 10.2. The van der Waals surface area contributed by atoms with E-state index in [4.69, 9.17) is 4.74 Å². The first kappa shape index (κ1) is 26.7. The molecule has 0 aliphatic carbocycles. The molecule has 3 aromatic rings. The number of anilines is 1. The molecule has 3 rings (SSSR count). The van der Waals surface area contributed by atoms with Gasteiger partial charge in [-0.05, 0) is 79.2 Å². The molecule has 9 heteroatoms. The third-order valence-corrected chi connectivity index (χ3v) is 5.17. The fraction of sp³-hybridized carbons (Fsp3) is 0.296. The second-order valence-electron chi connectivity index (χ2n) is 7.94. The number of azo groups is 2. The highest BCUT2D eigenvalue weighted by atomic mass is 16.5. The minimum absolute atomic E-state index is 0.0135. The smallest absolute Gasteiger partial charge is 0.311 e. The van der Waals surface area contributed by atoms with Crippen LogP contribution in [0.4, 0.5) is 28.4 Å². The van der Waals surface area contributed by atoms with E-state index in [1.807, 2.05) is 36.1 Å². The molecule has 0 aliphatic heterocycles. The molecule has 0 amide bonds. The van der Waals surface area contributed by atoms with Crippen LogP contribution in [0.3, 0.4) is 0 Å². The highest BCUT2D eigenvalue weighted by Gasteiger charge is 2.05. The van der Waals surface area contributed by atoms with Crippen LogP contribution in [-0.4, -0.2) is 42.5 Å². The molecular formula is C27H31N5O4. The van der Waals surface area contributed by atoms with E-state index in [0.717, 1.165) is 18.5 Å². The molecule has 0 saturated carbocycles. The van der Waals surface area contributed by atoms with Crippen molar-refractivity contribution < 1.29 is 19.7 Å². The topological polar surface area (TPSA) is 119 Å². The van der Waals surface area contributed by atoms with E-state index in [-0.39, 0.29) is 19.2 Å². The van der Waals surface area contributed by atoms with E-state index in [9.17, 15) is 15.0 Å². The van der Waals surface area contributed by atoms with Gasteiger partial charge in [0.15, 0.2) is 0 Å². The summed E-state index contributed by atoms with van der Waals surface area (Å²) in [6.07, 6.45) is 2.18. The van der Waals surface area contributed by atoms with Gasteiger partial charge in [-0.2, -0.15) is 20.5 Å². The molecule has 36 heavy (non-hydrogen) atoms. The van der Waals surface area contributed by atoms with Crippen molar-refractivity contribution in [2.45, 2.75) is 26.2 Å². The number of carbonyl (C=O) groups excluding carboxylic acids is 1. The number of aliphatic hydroxyl groups excluding tert-OH is 2. The molecule has 2 N–H and O–H groups in total. The van der Waals surface area contributed by atoms with Crippen molar-refractivity contribution in [2.75, 3.05) is 31.2 Å². The summed E-state index contributed by atoms with van der Waals surface area (Å²) in [7, 11) is 0. The van der Waals surface area contributed by atoms with Crippen molar-refractivity contribution in [1.82, 2.24) is 0 Å². The quantitative estimate of drug-likeness (QED) is 0.163. The van der Waals surface area contributed by atoms with Gasteiger partial charge < -0.3 is 19.8 Å². The molecule has 0 aromatic heterocycles. The Hall–Kier alpha value is -3.95. The van der Waals surface area contributed by atoms with Crippen LogP contribution in [-0.2, 0) is 4.79 Å². The molecule has 0 aliphatic rings. The molecule has 0 bridgehead atoms. The predicted molar refractivity (Wildman–Crippen MR) is 139 cm³/mol. The van der Waals surface area contributed by atoms with Crippen molar-refractivity contribution in [2.24, 2.45) is 20.5 Å². The van der Waals surface area contributed by atoms with E-state index in [1.54, 1.807) is 48.5 Å². The third kappa shape index (κ3) is 8.68. The van der Waals surface area contributed by atoms with E-state index in [0.29, 0.717) is 48.0 Å². The van der Waals surface area contributed by atoms with Crippen LogP contribution >= 0.6 is 0 Å². The summed E-state index contributed by atoms with van der Waals surface area (Å²) in [4.78, 5) is 13.6. The Kier molecular flexibility index (Phi) is 10.7. The first-order valence-electron chi connectivity index (χ1n) is 11.9. The van der Waals surface area contributed by atoms with Crippen molar-refractivity contribution in [3.8, 4) is 5.75 Å². The van der Waals surface area contributed by atoms with Gasteiger partial charge in [0.05, 0.1) is 36.0 Å². The molecule has 3 aromatic carbocycles. The number of carbonyl (C=O) groups is 1. The maximum atomic E-state index is 11.7. The number of hydrogen-bond acceptors (Lipinski definition) is 9. The van der Waals surface area contributed by atoms with E-state index in [1.165, 1.54) is 0 Å². The first-order chi connectivity index (χ1) is 17.6. The Balaban J connectivity index is 1.54. The van der Waals surface area contributed by atoms with Gasteiger partial charge in [0.2, 0.25) is 0 Å². The van der Waals surface area contributed by atoms with Crippen LogP contribution in [0.1, 0.15) is 26.2 Å². The molecule has 0 radical (unpaired) electrons. The average molecular weight is 490 g/mol. The van der Waals surface area contributed by atoms with Gasteiger partial charge in [-0.25, -0.2) is 0 Å². The molecule has 188 valence electrons. The zero-order chi connectivity index (χ0) is 25.6. The van der Waals surface area contributed by atoms with Crippen LogP contribution < -0.4 is 9.64 Å². The summed E-state index contributed by atoms with van der Waals surface area (Å²) >= 11 is 0. The number of benzene rings is 3. The summed E-state index contributed by atoms with van der Waals surface area (Å²) < 4.78 is 5.29. The van der Waals surface area contributed by atoms with E-state index >= 15 is 0 Å². The lowest BCUT2D eigenvalue weighted by Crippen LogP contribution is -2.29. The molecule has 0 unspecified atom stereocenters. The highest BCUT2D eigenvalue weighted by molar-refractivity contribution is 5.72. The number of unbranched alkanes of at least 4 members (excludes halogenated alkanes) is 1. The van der Waals surface area contributed by atoms with Crippen molar-refractivity contribution in [3.05, 3.63) is 72.8 Å². The van der Waals surface area contributed by atoms with Crippen LogP contribution in [0.2, 0.25) is 0 Å². The fourth-order valence-corrected chi connectivity index (χ4v) is 3.24. The Bertz CT molecular complexity index is 1120. The second kappa shape index (κ2) is 14.4. The maximum Gasteiger partial charge on any atom is 0.311 e. The first-order valence-corrected chi connectivity index (χ1v) is 11.9. The second-order valence-corrected chi connectivity index (χ2v) is 7.94. The average Bonchev–Trinajstić information content (AvgIpc) is 2.91. The number of aliphatic hydroxyl groups is 2. The molecule has 0 spiro atoms. The van der Waals surface area contributed by atoms with Crippen molar-refractivity contribution >= 4 is 34.4 Å². The SMILES string of the molecule is CCCCC(=O)Oc1ccc(N=Nc2ccc(N=Nc3ccc(N(CCO)CCO)cc3)cc2)cc1. The Morgan fingerprint density at radius 3 is 1.56 bits per heavy atom. The summed E-state index contributed by atoms with van der Waals surface area (Å²) in [5, 5.41) is 35.3. The van der Waals surface area contributed by atoms with Gasteiger partial charge in [0.1, 0.15) is 5.75 Å². The Labute approximate surface area is 210 Å². The molecule has 9 nitrogen and oxygen atoms in total. The van der Waals surface area contributed by atoms with Crippen LogP contribution in [0.15, 0.2) is 93.3 Å². The van der Waals surface area contributed by atoms with E-state index in [2.05, 4.69) is 20.5 Å². The van der Waals surface area contributed by atoms with Crippen LogP contribution in [0, 0.1) is 0 Å². The van der Waals surface area contributed by atoms with Gasteiger partial charge in [-0.1, -0.05) is 13.3 Å². The molecule has 0 atom stereocenters. The van der Waals surface area contributed by atoms with Gasteiger partial charge in [0.25, 0.3) is 0 Å². The number of rotatable bonds is 13. The summed E-state index contributed by atoms with van der Waals surface area (Å²) in [6.45, 7) is 2.96. The molecule has 0 heterocycles. The van der Waals surface area contributed by atoms with Crippen LogP contribution in [0.5, 0.6) is 5.75 Å². The van der Waals surface area contributed by atoms with Gasteiger partial charge in [-0.15, -0.1) is 0 Å².